The van der Waals surface area contributed by atoms with Gasteiger partial charge < -0.3 is 20.6 Å². The van der Waals surface area contributed by atoms with E-state index in [0.29, 0.717) is 19.4 Å². The number of aliphatic hydroxyl groups excluding tert-OH is 1. The second-order valence-electron chi connectivity index (χ2n) is 6.45. The van der Waals surface area contributed by atoms with Gasteiger partial charge in [0, 0.05) is 31.0 Å². The zero-order valence-corrected chi connectivity index (χ0v) is 14.2. The number of carbonyl (C=O) groups excluding carboxylic acids is 1. The van der Waals surface area contributed by atoms with E-state index in [-0.39, 0.29) is 12.1 Å². The first kappa shape index (κ1) is 17.6. The summed E-state index contributed by atoms with van der Waals surface area (Å²) in [6, 6.07) is 7.77. The highest BCUT2D eigenvalue weighted by Crippen LogP contribution is 2.24. The number of rotatable bonds is 6. The largest absolute Gasteiger partial charge is 0.393 e. The van der Waals surface area contributed by atoms with Gasteiger partial charge >= 0.3 is 6.03 Å². The molecule has 0 aromatic heterocycles. The Morgan fingerprint density at radius 1 is 1.30 bits per heavy atom. The van der Waals surface area contributed by atoms with Gasteiger partial charge in [-0.05, 0) is 55.9 Å². The molecule has 0 bridgehead atoms. The van der Waals surface area contributed by atoms with Gasteiger partial charge in [-0.25, -0.2) is 4.79 Å². The van der Waals surface area contributed by atoms with Crippen molar-refractivity contribution >= 4 is 17.4 Å². The van der Waals surface area contributed by atoms with Crippen molar-refractivity contribution in [3.05, 3.63) is 24.3 Å². The van der Waals surface area contributed by atoms with Crippen molar-refractivity contribution < 1.29 is 9.90 Å². The molecule has 0 radical (unpaired) electrons. The van der Waals surface area contributed by atoms with Crippen LogP contribution in [0.25, 0.3) is 0 Å². The Kier molecular flexibility index (Phi) is 6.71. The van der Waals surface area contributed by atoms with Crippen LogP contribution < -0.4 is 15.5 Å². The molecule has 23 heavy (non-hydrogen) atoms. The van der Waals surface area contributed by atoms with E-state index in [1.807, 2.05) is 19.1 Å². The topological polar surface area (TPSA) is 64.6 Å². The molecule has 1 aromatic rings. The monoisotopic (exact) mass is 319 g/mol. The maximum Gasteiger partial charge on any atom is 0.319 e. The van der Waals surface area contributed by atoms with Crippen LogP contribution in [0.1, 0.15) is 39.5 Å². The van der Waals surface area contributed by atoms with E-state index in [0.717, 1.165) is 24.7 Å². The van der Waals surface area contributed by atoms with Crippen LogP contribution in [-0.2, 0) is 0 Å². The number of anilines is 2. The molecule has 1 unspecified atom stereocenters. The molecule has 1 aliphatic rings. The molecule has 1 atom stereocenters. The van der Waals surface area contributed by atoms with Gasteiger partial charge in [0.25, 0.3) is 0 Å². The van der Waals surface area contributed by atoms with Crippen molar-refractivity contribution in [1.29, 1.82) is 0 Å². The SMILES string of the molecule is CCC(O)CCNC(=O)Nc1ccc(N2CCC(C)CC2)cc1. The maximum absolute atomic E-state index is 11.8. The summed E-state index contributed by atoms with van der Waals surface area (Å²) < 4.78 is 0. The Balaban J connectivity index is 1.77. The van der Waals surface area contributed by atoms with Crippen LogP contribution in [-0.4, -0.2) is 36.9 Å². The lowest BCUT2D eigenvalue weighted by atomic mass is 9.99. The second kappa shape index (κ2) is 8.77. The summed E-state index contributed by atoms with van der Waals surface area (Å²) in [5.74, 6) is 0.821. The van der Waals surface area contributed by atoms with Crippen LogP contribution in [0.15, 0.2) is 24.3 Å². The molecule has 0 spiro atoms. The molecule has 1 saturated heterocycles. The van der Waals surface area contributed by atoms with E-state index in [2.05, 4.69) is 34.6 Å². The van der Waals surface area contributed by atoms with Crippen molar-refractivity contribution in [2.24, 2.45) is 5.92 Å². The Bertz CT molecular complexity index is 482. The third-order valence-corrected chi connectivity index (χ3v) is 4.51. The first-order valence-electron chi connectivity index (χ1n) is 8.66. The number of hydrogen-bond donors (Lipinski definition) is 3. The third-order valence-electron chi connectivity index (χ3n) is 4.51. The van der Waals surface area contributed by atoms with E-state index in [4.69, 9.17) is 0 Å². The van der Waals surface area contributed by atoms with Crippen LogP contribution in [0.5, 0.6) is 0 Å². The minimum Gasteiger partial charge on any atom is -0.393 e. The van der Waals surface area contributed by atoms with Gasteiger partial charge in [0.05, 0.1) is 6.10 Å². The minimum atomic E-state index is -0.346. The van der Waals surface area contributed by atoms with Crippen molar-refractivity contribution in [1.82, 2.24) is 5.32 Å². The highest BCUT2D eigenvalue weighted by molar-refractivity contribution is 5.89. The normalized spacial score (nSPS) is 16.9. The lowest BCUT2D eigenvalue weighted by Crippen LogP contribution is -2.33. The number of piperidine rings is 1. The van der Waals surface area contributed by atoms with Crippen molar-refractivity contribution in [2.75, 3.05) is 29.9 Å². The number of hydrogen-bond acceptors (Lipinski definition) is 3. The first-order valence-corrected chi connectivity index (χ1v) is 8.66. The Morgan fingerprint density at radius 2 is 1.96 bits per heavy atom. The molecule has 2 amide bonds. The number of carbonyl (C=O) groups is 1. The summed E-state index contributed by atoms with van der Waals surface area (Å²) in [5, 5.41) is 15.0. The van der Waals surface area contributed by atoms with Gasteiger partial charge in [0.1, 0.15) is 0 Å². The lowest BCUT2D eigenvalue weighted by molar-refractivity contribution is 0.160. The van der Waals surface area contributed by atoms with Crippen molar-refractivity contribution in [3.63, 3.8) is 0 Å². The standard InChI is InChI=1S/C18H29N3O2/c1-3-17(22)8-11-19-18(23)20-15-4-6-16(7-5-15)21-12-9-14(2)10-13-21/h4-7,14,17,22H,3,8-13H2,1-2H3,(H2,19,20,23). The fourth-order valence-electron chi connectivity index (χ4n) is 2.75. The van der Waals surface area contributed by atoms with Gasteiger partial charge in [-0.15, -0.1) is 0 Å². The molecule has 1 aromatic carbocycles. The average Bonchev–Trinajstić information content (AvgIpc) is 2.56. The second-order valence-corrected chi connectivity index (χ2v) is 6.45. The quantitative estimate of drug-likeness (QED) is 0.754. The fraction of sp³-hybridized carbons (Fsp3) is 0.611. The van der Waals surface area contributed by atoms with E-state index in [1.54, 1.807) is 0 Å². The first-order chi connectivity index (χ1) is 11.1. The summed E-state index contributed by atoms with van der Waals surface area (Å²) in [5.41, 5.74) is 2.00. The number of benzene rings is 1. The molecule has 1 fully saturated rings. The summed E-state index contributed by atoms with van der Waals surface area (Å²) in [4.78, 5) is 14.2. The van der Waals surface area contributed by atoms with Crippen LogP contribution in [0.3, 0.4) is 0 Å². The molecule has 1 aliphatic heterocycles. The molecular formula is C18H29N3O2. The number of amides is 2. The van der Waals surface area contributed by atoms with Crippen LogP contribution in [0.4, 0.5) is 16.2 Å². The zero-order valence-electron chi connectivity index (χ0n) is 14.2. The molecule has 0 aliphatic carbocycles. The zero-order chi connectivity index (χ0) is 16.7. The Morgan fingerprint density at radius 3 is 2.57 bits per heavy atom. The predicted molar refractivity (Wildman–Crippen MR) is 95.0 cm³/mol. The number of nitrogens with zero attached hydrogens (tertiary/aromatic N) is 1. The Hall–Kier alpha value is -1.75. The van der Waals surface area contributed by atoms with E-state index in [9.17, 15) is 9.90 Å². The third kappa shape index (κ3) is 5.75. The van der Waals surface area contributed by atoms with Gasteiger partial charge in [-0.2, -0.15) is 0 Å². The summed E-state index contributed by atoms with van der Waals surface area (Å²) in [6.45, 7) is 6.92. The molecule has 2 rings (SSSR count). The molecule has 128 valence electrons. The summed E-state index contributed by atoms with van der Waals surface area (Å²) in [6.07, 6.45) is 3.43. The minimum absolute atomic E-state index is 0.229. The highest BCUT2D eigenvalue weighted by Gasteiger charge is 2.15. The molecule has 1 heterocycles. The molecule has 5 nitrogen and oxygen atoms in total. The van der Waals surface area contributed by atoms with Crippen LogP contribution >= 0.6 is 0 Å². The van der Waals surface area contributed by atoms with Gasteiger partial charge in [0.2, 0.25) is 0 Å². The highest BCUT2D eigenvalue weighted by atomic mass is 16.3. The number of nitrogens with one attached hydrogen (secondary N) is 2. The predicted octanol–water partition coefficient (Wildman–Crippen LogP) is 3.21. The fourth-order valence-corrected chi connectivity index (χ4v) is 2.75. The van der Waals surface area contributed by atoms with E-state index >= 15 is 0 Å². The van der Waals surface area contributed by atoms with Crippen LogP contribution in [0, 0.1) is 5.92 Å². The molecule has 5 heteroatoms. The van der Waals surface area contributed by atoms with Crippen molar-refractivity contribution in [2.45, 2.75) is 45.6 Å². The molecule has 3 N–H and O–H groups in total. The molecular weight excluding hydrogens is 290 g/mol. The smallest absolute Gasteiger partial charge is 0.319 e. The summed E-state index contributed by atoms with van der Waals surface area (Å²) >= 11 is 0. The average molecular weight is 319 g/mol. The van der Waals surface area contributed by atoms with Crippen LogP contribution in [0.2, 0.25) is 0 Å². The van der Waals surface area contributed by atoms with Gasteiger partial charge in [0.15, 0.2) is 0 Å². The maximum atomic E-state index is 11.8. The summed E-state index contributed by atoms with van der Waals surface area (Å²) in [7, 11) is 0. The number of aliphatic hydroxyl groups is 1. The van der Waals surface area contributed by atoms with Crippen molar-refractivity contribution in [3.8, 4) is 0 Å². The Labute approximate surface area is 139 Å². The lowest BCUT2D eigenvalue weighted by Gasteiger charge is -2.32. The van der Waals surface area contributed by atoms with E-state index < -0.39 is 0 Å². The molecule has 0 saturated carbocycles. The van der Waals surface area contributed by atoms with E-state index in [1.165, 1.54) is 18.5 Å². The van der Waals surface area contributed by atoms with Gasteiger partial charge in [-0.1, -0.05) is 13.8 Å². The van der Waals surface area contributed by atoms with Gasteiger partial charge in [-0.3, -0.25) is 0 Å². The number of urea groups is 1.